The van der Waals surface area contributed by atoms with Crippen molar-refractivity contribution >= 4 is 12.1 Å². The lowest BCUT2D eigenvalue weighted by Gasteiger charge is -2.08. The Morgan fingerprint density at radius 1 is 1.00 bits per heavy atom. The molecule has 0 atom stereocenters. The van der Waals surface area contributed by atoms with Crippen molar-refractivity contribution in [1.82, 2.24) is 5.43 Å². The fraction of sp³-hybridized carbons (Fsp3) is 0.130. The van der Waals surface area contributed by atoms with Crippen LogP contribution in [0.15, 0.2) is 77.9 Å². The van der Waals surface area contributed by atoms with Crippen LogP contribution in [0, 0.1) is 0 Å². The summed E-state index contributed by atoms with van der Waals surface area (Å²) in [6.45, 7) is 0.294. The summed E-state index contributed by atoms with van der Waals surface area (Å²) < 4.78 is 16.1. The molecule has 3 aromatic rings. The van der Waals surface area contributed by atoms with Crippen LogP contribution in [0.4, 0.5) is 0 Å². The number of hydrogen-bond acceptors (Lipinski definition) is 6. The van der Waals surface area contributed by atoms with Crippen LogP contribution in [0.5, 0.6) is 23.0 Å². The molecule has 30 heavy (non-hydrogen) atoms. The summed E-state index contributed by atoms with van der Waals surface area (Å²) in [6.07, 6.45) is 1.41. The highest BCUT2D eigenvalue weighted by molar-refractivity contribution is 5.83. The third-order valence-electron chi connectivity index (χ3n) is 4.05. The molecular formula is C23H22N2O5. The normalized spacial score (nSPS) is 10.6. The van der Waals surface area contributed by atoms with Gasteiger partial charge in [-0.1, -0.05) is 30.3 Å². The highest BCUT2D eigenvalue weighted by atomic mass is 16.5. The average Bonchev–Trinajstić information content (AvgIpc) is 2.78. The second-order valence-corrected chi connectivity index (χ2v) is 6.26. The van der Waals surface area contributed by atoms with Gasteiger partial charge < -0.3 is 19.3 Å². The van der Waals surface area contributed by atoms with E-state index in [1.54, 1.807) is 36.4 Å². The van der Waals surface area contributed by atoms with E-state index < -0.39 is 5.91 Å². The number of carbonyl (C=O) groups is 1. The summed E-state index contributed by atoms with van der Waals surface area (Å²) in [6, 6.07) is 21.7. The van der Waals surface area contributed by atoms with Gasteiger partial charge in [0.1, 0.15) is 18.1 Å². The molecule has 0 saturated heterocycles. The van der Waals surface area contributed by atoms with Crippen molar-refractivity contribution in [2.24, 2.45) is 5.10 Å². The number of amides is 1. The third kappa shape index (κ3) is 6.27. The van der Waals surface area contributed by atoms with Gasteiger partial charge in [0.05, 0.1) is 13.3 Å². The fourth-order valence-corrected chi connectivity index (χ4v) is 2.52. The van der Waals surface area contributed by atoms with Crippen molar-refractivity contribution in [2.75, 3.05) is 13.7 Å². The minimum atomic E-state index is -0.409. The maximum Gasteiger partial charge on any atom is 0.277 e. The fourth-order valence-electron chi connectivity index (χ4n) is 2.52. The van der Waals surface area contributed by atoms with E-state index in [9.17, 15) is 9.90 Å². The van der Waals surface area contributed by atoms with Crippen molar-refractivity contribution in [3.8, 4) is 23.0 Å². The second kappa shape index (κ2) is 10.5. The van der Waals surface area contributed by atoms with E-state index in [4.69, 9.17) is 14.2 Å². The number of phenols is 1. The highest BCUT2D eigenvalue weighted by Gasteiger charge is 2.03. The van der Waals surface area contributed by atoms with Crippen molar-refractivity contribution in [3.05, 3.63) is 83.9 Å². The maximum atomic E-state index is 11.9. The Morgan fingerprint density at radius 2 is 1.70 bits per heavy atom. The van der Waals surface area contributed by atoms with Crippen LogP contribution in [0.1, 0.15) is 11.1 Å². The zero-order valence-electron chi connectivity index (χ0n) is 16.4. The lowest BCUT2D eigenvalue weighted by atomic mass is 10.2. The molecule has 0 radical (unpaired) electrons. The van der Waals surface area contributed by atoms with Crippen LogP contribution in [0.25, 0.3) is 0 Å². The van der Waals surface area contributed by atoms with Gasteiger partial charge in [0.25, 0.3) is 5.91 Å². The van der Waals surface area contributed by atoms with E-state index in [2.05, 4.69) is 10.5 Å². The number of hydrogen-bond donors (Lipinski definition) is 2. The number of aromatic hydroxyl groups is 1. The molecule has 7 nitrogen and oxygen atoms in total. The van der Waals surface area contributed by atoms with Gasteiger partial charge in [-0.25, -0.2) is 5.43 Å². The number of hydrazone groups is 1. The quantitative estimate of drug-likeness (QED) is 0.419. The summed E-state index contributed by atoms with van der Waals surface area (Å²) in [4.78, 5) is 11.9. The van der Waals surface area contributed by atoms with Gasteiger partial charge >= 0.3 is 0 Å². The zero-order valence-corrected chi connectivity index (χ0v) is 16.4. The molecule has 1 amide bonds. The van der Waals surface area contributed by atoms with E-state index >= 15 is 0 Å². The predicted octanol–water partition coefficient (Wildman–Crippen LogP) is 3.51. The molecule has 154 valence electrons. The van der Waals surface area contributed by atoms with Gasteiger partial charge in [0.15, 0.2) is 18.1 Å². The third-order valence-corrected chi connectivity index (χ3v) is 4.05. The average molecular weight is 406 g/mol. The summed E-state index contributed by atoms with van der Waals surface area (Å²) in [7, 11) is 1.47. The second-order valence-electron chi connectivity index (χ2n) is 6.26. The first-order chi connectivity index (χ1) is 14.6. The van der Waals surface area contributed by atoms with Gasteiger partial charge in [-0.3, -0.25) is 4.79 Å². The number of methoxy groups -OCH3 is 1. The summed E-state index contributed by atoms with van der Waals surface area (Å²) in [5.41, 5.74) is 4.06. The monoisotopic (exact) mass is 406 g/mol. The molecule has 0 saturated carbocycles. The number of carbonyl (C=O) groups excluding carboxylic acids is 1. The molecule has 2 N–H and O–H groups in total. The number of phenolic OH excluding ortho intramolecular Hbond substituents is 1. The molecule has 3 aromatic carbocycles. The van der Waals surface area contributed by atoms with Crippen molar-refractivity contribution < 1.29 is 24.1 Å². The van der Waals surface area contributed by atoms with Crippen molar-refractivity contribution in [1.29, 1.82) is 0 Å². The Labute approximate surface area is 174 Å². The summed E-state index contributed by atoms with van der Waals surface area (Å²) in [5.74, 6) is 1.20. The molecule has 0 aliphatic carbocycles. The highest BCUT2D eigenvalue weighted by Crippen LogP contribution is 2.25. The van der Waals surface area contributed by atoms with E-state index in [0.717, 1.165) is 5.56 Å². The predicted molar refractivity (Wildman–Crippen MR) is 113 cm³/mol. The topological polar surface area (TPSA) is 89.4 Å². The molecule has 7 heteroatoms. The number of rotatable bonds is 9. The minimum absolute atomic E-state index is 0.00713. The smallest absolute Gasteiger partial charge is 0.277 e. The molecule has 0 aromatic heterocycles. The molecule has 0 aliphatic heterocycles. The minimum Gasteiger partial charge on any atom is -0.504 e. The molecule has 0 aliphatic rings. The zero-order chi connectivity index (χ0) is 21.2. The molecule has 3 rings (SSSR count). The SMILES string of the molecule is COc1ccc(/C=N\NC(=O)COc2ccc(OCc3ccccc3)cc2)cc1O. The van der Waals surface area contributed by atoms with Crippen LogP contribution in [-0.4, -0.2) is 30.9 Å². The maximum absolute atomic E-state index is 11.9. The van der Waals surface area contributed by atoms with Crippen LogP contribution in [-0.2, 0) is 11.4 Å². The first-order valence-electron chi connectivity index (χ1n) is 9.22. The van der Waals surface area contributed by atoms with Crippen LogP contribution < -0.4 is 19.6 Å². The number of nitrogens with one attached hydrogen (secondary N) is 1. The lowest BCUT2D eigenvalue weighted by Crippen LogP contribution is -2.24. The van der Waals surface area contributed by atoms with E-state index in [-0.39, 0.29) is 12.4 Å². The van der Waals surface area contributed by atoms with Gasteiger partial charge in [-0.15, -0.1) is 0 Å². The van der Waals surface area contributed by atoms with Gasteiger partial charge in [-0.2, -0.15) is 5.10 Å². The van der Waals surface area contributed by atoms with Crippen molar-refractivity contribution in [3.63, 3.8) is 0 Å². The number of benzene rings is 3. The Morgan fingerprint density at radius 3 is 2.37 bits per heavy atom. The largest absolute Gasteiger partial charge is 0.504 e. The van der Waals surface area contributed by atoms with Crippen molar-refractivity contribution in [2.45, 2.75) is 6.61 Å². The van der Waals surface area contributed by atoms with Gasteiger partial charge in [0, 0.05) is 0 Å². The molecule has 0 bridgehead atoms. The van der Waals surface area contributed by atoms with E-state index in [0.29, 0.717) is 29.4 Å². The Kier molecular flexibility index (Phi) is 7.27. The van der Waals surface area contributed by atoms with Crippen LogP contribution >= 0.6 is 0 Å². The van der Waals surface area contributed by atoms with Crippen LogP contribution in [0.2, 0.25) is 0 Å². The Balaban J connectivity index is 1.41. The van der Waals surface area contributed by atoms with Gasteiger partial charge in [0.2, 0.25) is 0 Å². The number of ether oxygens (including phenoxy) is 3. The Bertz CT molecular complexity index is 988. The first-order valence-corrected chi connectivity index (χ1v) is 9.22. The van der Waals surface area contributed by atoms with Gasteiger partial charge in [-0.05, 0) is 53.6 Å². The lowest BCUT2D eigenvalue weighted by molar-refractivity contribution is -0.123. The van der Waals surface area contributed by atoms with E-state index in [1.807, 2.05) is 30.3 Å². The molecule has 0 heterocycles. The Hall–Kier alpha value is -4.00. The molecule has 0 unspecified atom stereocenters. The first kappa shape index (κ1) is 20.7. The summed E-state index contributed by atoms with van der Waals surface area (Å²) in [5, 5.41) is 13.6. The molecule has 0 fully saturated rings. The molecular weight excluding hydrogens is 384 g/mol. The number of nitrogens with zero attached hydrogens (tertiary/aromatic N) is 1. The standard InChI is InChI=1S/C23H22N2O5/c1-28-22-12-7-18(13-21(22)26)14-24-25-23(27)16-30-20-10-8-19(9-11-20)29-15-17-5-3-2-4-6-17/h2-14,26H,15-16H2,1H3,(H,25,27)/b24-14-. The van der Waals surface area contributed by atoms with E-state index in [1.165, 1.54) is 19.4 Å². The molecule has 0 spiro atoms. The van der Waals surface area contributed by atoms with Crippen LogP contribution in [0.3, 0.4) is 0 Å². The summed E-state index contributed by atoms with van der Waals surface area (Å²) >= 11 is 0.